The molecule has 3 amide bonds. The Bertz CT molecular complexity index is 763. The van der Waals surface area contributed by atoms with Crippen LogP contribution in [0.2, 0.25) is 0 Å². The van der Waals surface area contributed by atoms with Crippen LogP contribution >= 0.6 is 0 Å². The number of urea groups is 1. The van der Waals surface area contributed by atoms with Crippen LogP contribution in [0.1, 0.15) is 32.1 Å². The number of anilines is 1. The van der Waals surface area contributed by atoms with Gasteiger partial charge in [-0.05, 0) is 80.0 Å². The Balaban J connectivity index is 1.07. The Morgan fingerprint density at radius 3 is 2.10 bits per heavy atom. The van der Waals surface area contributed by atoms with Crippen LogP contribution in [-0.4, -0.2) is 60.5 Å². The third kappa shape index (κ3) is 4.17. The van der Waals surface area contributed by atoms with Gasteiger partial charge in [0.15, 0.2) is 0 Å². The first-order valence-corrected chi connectivity index (χ1v) is 11.4. The summed E-state index contributed by atoms with van der Waals surface area (Å²) in [4.78, 5) is 29.1. The summed E-state index contributed by atoms with van der Waals surface area (Å²) >= 11 is 0. The highest BCUT2D eigenvalue weighted by atomic mass is 19.1. The topological polar surface area (TPSA) is 64.7 Å². The molecule has 4 aliphatic carbocycles. The van der Waals surface area contributed by atoms with Crippen molar-refractivity contribution in [2.24, 2.45) is 23.7 Å². The second-order valence-electron chi connectivity index (χ2n) is 9.72. The molecule has 6 rings (SSSR count). The molecule has 0 atom stereocenters. The van der Waals surface area contributed by atoms with Crippen LogP contribution in [-0.2, 0) is 4.79 Å². The van der Waals surface area contributed by atoms with E-state index >= 15 is 0 Å². The minimum atomic E-state index is -0.323. The van der Waals surface area contributed by atoms with Crippen LogP contribution in [0, 0.1) is 29.5 Å². The number of nitrogens with zero attached hydrogens (tertiary/aromatic N) is 2. The average Bonchev–Trinajstić information content (AvgIpc) is 2.72. The number of hydrogen-bond acceptors (Lipinski definition) is 3. The van der Waals surface area contributed by atoms with Crippen LogP contribution < -0.4 is 10.6 Å². The molecule has 0 radical (unpaired) electrons. The molecule has 2 N–H and O–H groups in total. The number of rotatable bonds is 4. The molecule has 1 aromatic rings. The van der Waals surface area contributed by atoms with E-state index in [9.17, 15) is 14.0 Å². The van der Waals surface area contributed by atoms with Gasteiger partial charge in [0.2, 0.25) is 5.91 Å². The van der Waals surface area contributed by atoms with Crippen LogP contribution in [0.5, 0.6) is 0 Å². The van der Waals surface area contributed by atoms with Crippen molar-refractivity contribution in [3.05, 3.63) is 30.1 Å². The van der Waals surface area contributed by atoms with Crippen LogP contribution in [0.4, 0.5) is 14.9 Å². The Morgan fingerprint density at radius 2 is 1.50 bits per heavy atom. The van der Waals surface area contributed by atoms with Gasteiger partial charge in [0.05, 0.1) is 6.54 Å². The lowest BCUT2D eigenvalue weighted by molar-refractivity contribution is -0.117. The summed E-state index contributed by atoms with van der Waals surface area (Å²) in [5.74, 6) is 2.74. The number of hydrogen-bond donors (Lipinski definition) is 2. The largest absolute Gasteiger partial charge is 0.335 e. The van der Waals surface area contributed by atoms with Gasteiger partial charge < -0.3 is 15.5 Å². The zero-order valence-electron chi connectivity index (χ0n) is 17.4. The van der Waals surface area contributed by atoms with E-state index in [-0.39, 0.29) is 24.3 Å². The molecule has 1 saturated heterocycles. The van der Waals surface area contributed by atoms with Crippen LogP contribution in [0.25, 0.3) is 0 Å². The van der Waals surface area contributed by atoms with E-state index in [2.05, 4.69) is 15.5 Å². The van der Waals surface area contributed by atoms with E-state index in [1.165, 1.54) is 44.2 Å². The molecular weight excluding hydrogens is 383 g/mol. The van der Waals surface area contributed by atoms with Gasteiger partial charge in [-0.2, -0.15) is 0 Å². The minimum Gasteiger partial charge on any atom is -0.335 e. The van der Waals surface area contributed by atoms with E-state index < -0.39 is 0 Å². The fraction of sp³-hybridized carbons (Fsp3) is 0.652. The monoisotopic (exact) mass is 414 g/mol. The minimum absolute atomic E-state index is 0.0721. The number of halogens is 1. The van der Waals surface area contributed by atoms with E-state index in [1.807, 2.05) is 4.90 Å². The van der Waals surface area contributed by atoms with E-state index in [0.717, 1.165) is 11.8 Å². The first-order chi connectivity index (χ1) is 14.5. The standard InChI is InChI=1S/C23H31FN4O2/c24-19-1-3-20(4-2-19)25-21(29)14-27-5-7-28(8-6-27)23(30)26-22-17-10-15-9-16(12-17)13-18(22)11-15/h1-4,15-18,22H,5-14H2,(H,25,29)(H,26,30). The second kappa shape index (κ2) is 8.17. The predicted octanol–water partition coefficient (Wildman–Crippen LogP) is 2.92. The lowest BCUT2D eigenvalue weighted by atomic mass is 9.54. The molecule has 6 nitrogen and oxygen atoms in total. The molecule has 0 spiro atoms. The maximum Gasteiger partial charge on any atom is 0.317 e. The van der Waals surface area contributed by atoms with E-state index in [4.69, 9.17) is 0 Å². The quantitative estimate of drug-likeness (QED) is 0.796. The third-order valence-corrected chi connectivity index (χ3v) is 7.67. The van der Waals surface area contributed by atoms with Gasteiger partial charge in [-0.15, -0.1) is 0 Å². The molecule has 5 fully saturated rings. The predicted molar refractivity (Wildman–Crippen MR) is 112 cm³/mol. The van der Waals surface area contributed by atoms with Gasteiger partial charge in [0.1, 0.15) is 5.82 Å². The summed E-state index contributed by atoms with van der Waals surface area (Å²) in [5, 5.41) is 6.18. The lowest BCUT2D eigenvalue weighted by Gasteiger charge is -2.54. The number of benzene rings is 1. The highest BCUT2D eigenvalue weighted by Gasteiger charge is 2.48. The molecule has 162 valence electrons. The highest BCUT2D eigenvalue weighted by Crippen LogP contribution is 2.53. The number of amides is 3. The summed E-state index contributed by atoms with van der Waals surface area (Å²) < 4.78 is 13.0. The van der Waals surface area contributed by atoms with Gasteiger partial charge >= 0.3 is 6.03 Å². The third-order valence-electron chi connectivity index (χ3n) is 7.67. The second-order valence-corrected chi connectivity index (χ2v) is 9.72. The van der Waals surface area contributed by atoms with Crippen molar-refractivity contribution in [1.29, 1.82) is 0 Å². The van der Waals surface area contributed by atoms with Crippen LogP contribution in [0.3, 0.4) is 0 Å². The Morgan fingerprint density at radius 1 is 0.900 bits per heavy atom. The first kappa shape index (κ1) is 19.8. The molecule has 4 saturated carbocycles. The van der Waals surface area contributed by atoms with E-state index in [0.29, 0.717) is 49.7 Å². The first-order valence-electron chi connectivity index (χ1n) is 11.4. The van der Waals surface area contributed by atoms with Crippen LogP contribution in [0.15, 0.2) is 24.3 Å². The Hall–Kier alpha value is -2.15. The summed E-state index contributed by atoms with van der Waals surface area (Å²) in [7, 11) is 0. The van der Waals surface area contributed by atoms with Crippen molar-refractivity contribution in [2.45, 2.75) is 38.1 Å². The molecule has 4 bridgehead atoms. The maximum absolute atomic E-state index is 13.0. The SMILES string of the molecule is O=C(CN1CCN(C(=O)NC2C3CC4CC(C3)CC2C4)CC1)Nc1ccc(F)cc1. The highest BCUT2D eigenvalue weighted by molar-refractivity contribution is 5.92. The summed E-state index contributed by atoms with van der Waals surface area (Å²) in [5.41, 5.74) is 0.593. The molecule has 30 heavy (non-hydrogen) atoms. The van der Waals surface area contributed by atoms with Gasteiger partial charge in [-0.25, -0.2) is 9.18 Å². The van der Waals surface area contributed by atoms with Gasteiger partial charge in [0, 0.05) is 37.9 Å². The summed E-state index contributed by atoms with van der Waals surface area (Å²) in [6, 6.07) is 6.21. The van der Waals surface area contributed by atoms with Gasteiger partial charge in [0.25, 0.3) is 0 Å². The zero-order valence-corrected chi connectivity index (χ0v) is 17.4. The normalized spacial score (nSPS) is 32.8. The van der Waals surface area contributed by atoms with Crippen molar-refractivity contribution in [3.63, 3.8) is 0 Å². The smallest absolute Gasteiger partial charge is 0.317 e. The number of nitrogens with one attached hydrogen (secondary N) is 2. The van der Waals surface area contributed by atoms with Crippen molar-refractivity contribution >= 4 is 17.6 Å². The molecule has 1 heterocycles. The maximum atomic E-state index is 13.0. The Labute approximate surface area is 177 Å². The number of piperazine rings is 1. The molecule has 0 unspecified atom stereocenters. The summed E-state index contributed by atoms with van der Waals surface area (Å²) in [6.07, 6.45) is 6.62. The molecule has 1 aromatic carbocycles. The lowest BCUT2D eigenvalue weighted by Crippen LogP contribution is -2.60. The van der Waals surface area contributed by atoms with E-state index in [1.54, 1.807) is 12.1 Å². The molecule has 1 aliphatic heterocycles. The number of carbonyl (C=O) groups is 2. The molecule has 0 aromatic heterocycles. The van der Waals surface area contributed by atoms with Crippen molar-refractivity contribution < 1.29 is 14.0 Å². The fourth-order valence-electron chi connectivity index (χ4n) is 6.44. The summed E-state index contributed by atoms with van der Waals surface area (Å²) in [6.45, 7) is 2.94. The fourth-order valence-corrected chi connectivity index (χ4v) is 6.44. The zero-order chi connectivity index (χ0) is 20.7. The molecule has 5 aliphatic rings. The molecule has 7 heteroatoms. The van der Waals surface area contributed by atoms with Crippen molar-refractivity contribution in [1.82, 2.24) is 15.1 Å². The number of carbonyl (C=O) groups excluding carboxylic acids is 2. The van der Waals surface area contributed by atoms with Crippen molar-refractivity contribution in [3.8, 4) is 0 Å². The Kier molecular flexibility index (Phi) is 5.39. The average molecular weight is 415 g/mol. The van der Waals surface area contributed by atoms with Gasteiger partial charge in [-0.1, -0.05) is 0 Å². The van der Waals surface area contributed by atoms with Crippen molar-refractivity contribution in [2.75, 3.05) is 38.0 Å². The van der Waals surface area contributed by atoms with Gasteiger partial charge in [-0.3, -0.25) is 9.69 Å². The molecular formula is C23H31FN4O2.